The third-order valence-corrected chi connectivity index (χ3v) is 7.27. The topological polar surface area (TPSA) is 32.8 Å². The second kappa shape index (κ2) is 10.3. The summed E-state index contributed by atoms with van der Waals surface area (Å²) >= 11 is 6.19. The van der Waals surface area contributed by atoms with Gasteiger partial charge in [0.2, 0.25) is 5.91 Å². The SMILES string of the molecule is Cc1cc(OC[C@]2(CC(=O)N(C)Cc3ccccc3)CCCN(CC3CC3)C2)ccc1Cl. The Morgan fingerprint density at radius 3 is 2.72 bits per heavy atom. The highest BCUT2D eigenvalue weighted by molar-refractivity contribution is 6.31. The lowest BCUT2D eigenvalue weighted by Gasteiger charge is -2.43. The fourth-order valence-corrected chi connectivity index (χ4v) is 4.91. The normalized spacial score (nSPS) is 21.3. The molecule has 172 valence electrons. The maximum Gasteiger partial charge on any atom is 0.223 e. The maximum absolute atomic E-state index is 13.3. The lowest BCUT2D eigenvalue weighted by molar-refractivity contribution is -0.135. The van der Waals surface area contributed by atoms with E-state index in [0.29, 0.717) is 19.6 Å². The van der Waals surface area contributed by atoms with Crippen molar-refractivity contribution in [2.45, 2.75) is 45.6 Å². The number of hydrogen-bond acceptors (Lipinski definition) is 3. The van der Waals surface area contributed by atoms with Crippen LogP contribution in [0.4, 0.5) is 0 Å². The zero-order valence-electron chi connectivity index (χ0n) is 19.4. The maximum atomic E-state index is 13.3. The molecule has 0 aromatic heterocycles. The average molecular weight is 455 g/mol. The van der Waals surface area contributed by atoms with Crippen molar-refractivity contribution in [3.8, 4) is 5.75 Å². The third kappa shape index (κ3) is 6.26. The van der Waals surface area contributed by atoms with Gasteiger partial charge in [0.25, 0.3) is 0 Å². The van der Waals surface area contributed by atoms with Gasteiger partial charge in [-0.1, -0.05) is 41.9 Å². The van der Waals surface area contributed by atoms with Crippen LogP contribution in [-0.2, 0) is 11.3 Å². The Morgan fingerprint density at radius 1 is 1.22 bits per heavy atom. The summed E-state index contributed by atoms with van der Waals surface area (Å²) in [4.78, 5) is 17.7. The number of ether oxygens (including phenoxy) is 1. The van der Waals surface area contributed by atoms with E-state index in [0.717, 1.165) is 60.3 Å². The number of hydrogen-bond donors (Lipinski definition) is 0. The zero-order valence-corrected chi connectivity index (χ0v) is 20.1. The smallest absolute Gasteiger partial charge is 0.223 e. The molecule has 0 spiro atoms. The fourth-order valence-electron chi connectivity index (χ4n) is 4.79. The average Bonchev–Trinajstić information content (AvgIpc) is 3.59. The highest BCUT2D eigenvalue weighted by Crippen LogP contribution is 2.38. The molecule has 2 aromatic rings. The van der Waals surface area contributed by atoms with Crippen molar-refractivity contribution in [2.24, 2.45) is 11.3 Å². The summed E-state index contributed by atoms with van der Waals surface area (Å²) in [7, 11) is 1.91. The Hall–Kier alpha value is -2.04. The predicted octanol–water partition coefficient (Wildman–Crippen LogP) is 5.57. The van der Waals surface area contributed by atoms with E-state index in [9.17, 15) is 4.79 Å². The molecular weight excluding hydrogens is 420 g/mol. The minimum Gasteiger partial charge on any atom is -0.493 e. The molecule has 2 fully saturated rings. The number of benzene rings is 2. The van der Waals surface area contributed by atoms with Gasteiger partial charge in [0.1, 0.15) is 5.75 Å². The molecule has 4 nitrogen and oxygen atoms in total. The molecule has 5 heteroatoms. The Kier molecular flexibility index (Phi) is 7.42. The molecule has 1 atom stereocenters. The number of carbonyl (C=O) groups excluding carboxylic acids is 1. The van der Waals surface area contributed by atoms with E-state index in [1.807, 2.05) is 55.3 Å². The number of aryl methyl sites for hydroxylation is 1. The predicted molar refractivity (Wildman–Crippen MR) is 130 cm³/mol. The van der Waals surface area contributed by atoms with Gasteiger partial charge in [-0.25, -0.2) is 0 Å². The van der Waals surface area contributed by atoms with E-state index in [1.165, 1.54) is 12.8 Å². The molecule has 1 amide bonds. The van der Waals surface area contributed by atoms with Crippen LogP contribution in [0.1, 0.15) is 43.2 Å². The summed E-state index contributed by atoms with van der Waals surface area (Å²) in [5, 5.41) is 0.748. The number of rotatable bonds is 9. The van der Waals surface area contributed by atoms with Gasteiger partial charge in [0.15, 0.2) is 0 Å². The molecule has 1 saturated heterocycles. The highest BCUT2D eigenvalue weighted by atomic mass is 35.5. The first-order valence-electron chi connectivity index (χ1n) is 11.8. The van der Waals surface area contributed by atoms with Crippen molar-refractivity contribution in [2.75, 3.05) is 33.3 Å². The van der Waals surface area contributed by atoms with Crippen LogP contribution in [-0.4, -0.2) is 49.0 Å². The molecule has 0 N–H and O–H groups in total. The van der Waals surface area contributed by atoms with Crippen molar-refractivity contribution in [3.05, 3.63) is 64.7 Å². The summed E-state index contributed by atoms with van der Waals surface area (Å²) in [6.07, 6.45) is 5.35. The number of likely N-dealkylation sites (tertiary alicyclic amines) is 1. The largest absolute Gasteiger partial charge is 0.493 e. The summed E-state index contributed by atoms with van der Waals surface area (Å²) in [6, 6.07) is 16.0. The lowest BCUT2D eigenvalue weighted by atomic mass is 9.77. The zero-order chi connectivity index (χ0) is 22.6. The third-order valence-electron chi connectivity index (χ3n) is 6.84. The van der Waals surface area contributed by atoms with E-state index in [-0.39, 0.29) is 11.3 Å². The molecule has 0 bridgehead atoms. The minimum atomic E-state index is -0.164. The van der Waals surface area contributed by atoms with Crippen LogP contribution in [0, 0.1) is 18.3 Å². The summed E-state index contributed by atoms with van der Waals surface area (Å²) in [5.74, 6) is 1.87. The highest BCUT2D eigenvalue weighted by Gasteiger charge is 2.40. The van der Waals surface area contributed by atoms with E-state index >= 15 is 0 Å². The van der Waals surface area contributed by atoms with Gasteiger partial charge >= 0.3 is 0 Å². The summed E-state index contributed by atoms with van der Waals surface area (Å²) < 4.78 is 6.30. The van der Waals surface area contributed by atoms with Gasteiger partial charge in [-0.05, 0) is 74.4 Å². The fraction of sp³-hybridized carbons (Fsp3) is 0.519. The van der Waals surface area contributed by atoms with Gasteiger partial charge in [-0.15, -0.1) is 0 Å². The number of piperidine rings is 1. The molecule has 32 heavy (non-hydrogen) atoms. The molecule has 1 saturated carbocycles. The summed E-state index contributed by atoms with van der Waals surface area (Å²) in [6.45, 7) is 6.41. The second-order valence-electron chi connectivity index (χ2n) is 9.89. The number of nitrogens with zero attached hydrogens (tertiary/aromatic N) is 2. The number of amides is 1. The van der Waals surface area contributed by atoms with Crippen molar-refractivity contribution < 1.29 is 9.53 Å². The first-order chi connectivity index (χ1) is 15.4. The Balaban J connectivity index is 1.45. The molecule has 2 aromatic carbocycles. The first kappa shape index (κ1) is 23.1. The molecule has 0 unspecified atom stereocenters. The van der Waals surface area contributed by atoms with Gasteiger partial charge in [-0.2, -0.15) is 0 Å². The van der Waals surface area contributed by atoms with Crippen molar-refractivity contribution in [1.82, 2.24) is 9.80 Å². The Morgan fingerprint density at radius 2 is 2.00 bits per heavy atom. The molecule has 1 aliphatic carbocycles. The molecule has 0 radical (unpaired) electrons. The van der Waals surface area contributed by atoms with E-state index in [2.05, 4.69) is 17.0 Å². The van der Waals surface area contributed by atoms with Gasteiger partial charge in [-0.3, -0.25) is 4.79 Å². The van der Waals surface area contributed by atoms with Crippen LogP contribution in [0.15, 0.2) is 48.5 Å². The number of carbonyl (C=O) groups is 1. The molecule has 1 aliphatic heterocycles. The first-order valence-corrected chi connectivity index (χ1v) is 12.2. The molecule has 1 heterocycles. The lowest BCUT2D eigenvalue weighted by Crippen LogP contribution is -2.49. The standard InChI is InChI=1S/C27H35ClN2O2/c1-21-15-24(11-12-25(21)28)32-20-27(13-6-14-30(19-27)18-23-9-10-23)16-26(31)29(2)17-22-7-4-3-5-8-22/h3-5,7-8,11-12,15,23H,6,9-10,13-14,16-20H2,1-2H3/t27-/m0/s1. The Bertz CT molecular complexity index is 915. The summed E-state index contributed by atoms with van der Waals surface area (Å²) in [5.41, 5.74) is 2.00. The molecule has 2 aliphatic rings. The van der Waals surface area contributed by atoms with E-state index < -0.39 is 0 Å². The van der Waals surface area contributed by atoms with Crippen LogP contribution in [0.3, 0.4) is 0 Å². The van der Waals surface area contributed by atoms with Crippen LogP contribution >= 0.6 is 11.6 Å². The Labute approximate surface area is 197 Å². The van der Waals surface area contributed by atoms with Gasteiger partial charge in [0.05, 0.1) is 6.61 Å². The quantitative estimate of drug-likeness (QED) is 0.496. The number of halogens is 1. The van der Waals surface area contributed by atoms with E-state index in [1.54, 1.807) is 0 Å². The van der Waals surface area contributed by atoms with Crippen LogP contribution in [0.25, 0.3) is 0 Å². The van der Waals surface area contributed by atoms with Crippen molar-refractivity contribution in [1.29, 1.82) is 0 Å². The monoisotopic (exact) mass is 454 g/mol. The minimum absolute atomic E-state index is 0.164. The van der Waals surface area contributed by atoms with Crippen LogP contribution in [0.5, 0.6) is 5.75 Å². The van der Waals surface area contributed by atoms with Crippen LogP contribution in [0.2, 0.25) is 5.02 Å². The van der Waals surface area contributed by atoms with Gasteiger partial charge in [0, 0.05) is 43.5 Å². The second-order valence-corrected chi connectivity index (χ2v) is 10.3. The van der Waals surface area contributed by atoms with E-state index in [4.69, 9.17) is 16.3 Å². The molecule has 4 rings (SSSR count). The van der Waals surface area contributed by atoms with Crippen molar-refractivity contribution >= 4 is 17.5 Å². The van der Waals surface area contributed by atoms with Crippen molar-refractivity contribution in [3.63, 3.8) is 0 Å². The molecular formula is C27H35ClN2O2. The van der Waals surface area contributed by atoms with Crippen LogP contribution < -0.4 is 4.74 Å². The van der Waals surface area contributed by atoms with Gasteiger partial charge < -0.3 is 14.5 Å².